The summed E-state index contributed by atoms with van der Waals surface area (Å²) in [4.78, 5) is 22.9. The maximum absolute atomic E-state index is 13.2. The van der Waals surface area contributed by atoms with Crippen molar-refractivity contribution < 1.29 is 4.79 Å². The average Bonchev–Trinajstić information content (AvgIpc) is 3.12. The summed E-state index contributed by atoms with van der Waals surface area (Å²) in [7, 11) is 0. The van der Waals surface area contributed by atoms with E-state index in [9.17, 15) is 10.1 Å². The molecule has 2 aromatic carbocycles. The van der Waals surface area contributed by atoms with Crippen molar-refractivity contribution in [3.05, 3.63) is 63.6 Å². The molecule has 2 heterocycles. The van der Waals surface area contributed by atoms with Crippen LogP contribution >= 0.6 is 23.2 Å². The lowest BCUT2D eigenvalue weighted by atomic mass is 10.1. The van der Waals surface area contributed by atoms with Crippen LogP contribution in [0.4, 0.5) is 5.82 Å². The Bertz CT molecular complexity index is 1410. The highest BCUT2D eigenvalue weighted by molar-refractivity contribution is 6.37. The Balaban J connectivity index is 1.91. The summed E-state index contributed by atoms with van der Waals surface area (Å²) in [6.07, 6.45) is 4.97. The number of anilines is 1. The van der Waals surface area contributed by atoms with Gasteiger partial charge in [-0.1, -0.05) is 68.4 Å². The van der Waals surface area contributed by atoms with Gasteiger partial charge in [-0.2, -0.15) is 5.26 Å². The molecule has 0 fully saturated rings. The molecule has 1 amide bonds. The van der Waals surface area contributed by atoms with E-state index in [0.717, 1.165) is 37.6 Å². The number of hydrogen-bond donors (Lipinski definition) is 1. The molecule has 0 radical (unpaired) electrons. The number of nitrogens with zero attached hydrogens (tertiary/aromatic N) is 4. The number of rotatable bonds is 8. The molecule has 1 atom stereocenters. The van der Waals surface area contributed by atoms with Crippen LogP contribution in [0.25, 0.3) is 22.2 Å². The number of aromatic nitrogens is 3. The molecule has 8 heteroatoms. The number of benzene rings is 2. The lowest BCUT2D eigenvalue weighted by molar-refractivity contribution is 0.102. The van der Waals surface area contributed by atoms with E-state index in [0.29, 0.717) is 33.1 Å². The van der Waals surface area contributed by atoms with Crippen LogP contribution in [0.2, 0.25) is 10.0 Å². The van der Waals surface area contributed by atoms with Crippen molar-refractivity contribution in [2.24, 2.45) is 0 Å². The first-order chi connectivity index (χ1) is 16.5. The van der Waals surface area contributed by atoms with Crippen LogP contribution in [0.1, 0.15) is 67.9 Å². The normalized spacial score (nSPS) is 12.1. The Labute approximate surface area is 208 Å². The number of nitriles is 1. The SMILES string of the molecule is CCCCCC(CC)n1c(NC(=O)c2ccc(Cl)cc2Cl)c(C#N)c2nc3ccccc3nc21. The molecule has 174 valence electrons. The zero-order valence-electron chi connectivity index (χ0n) is 19.1. The van der Waals surface area contributed by atoms with Gasteiger partial charge in [0.15, 0.2) is 5.65 Å². The van der Waals surface area contributed by atoms with Crippen LogP contribution in [0.15, 0.2) is 42.5 Å². The Morgan fingerprint density at radius 2 is 1.85 bits per heavy atom. The lowest BCUT2D eigenvalue weighted by Crippen LogP contribution is -2.19. The van der Waals surface area contributed by atoms with Crippen LogP contribution in [-0.4, -0.2) is 20.4 Å². The molecule has 0 saturated heterocycles. The first kappa shape index (κ1) is 24.0. The topological polar surface area (TPSA) is 83.6 Å². The highest BCUT2D eigenvalue weighted by Crippen LogP contribution is 2.36. The van der Waals surface area contributed by atoms with Gasteiger partial charge in [-0.3, -0.25) is 4.79 Å². The fraction of sp³-hybridized carbons (Fsp3) is 0.308. The van der Waals surface area contributed by atoms with E-state index in [2.05, 4.69) is 25.2 Å². The zero-order chi connectivity index (χ0) is 24.2. The smallest absolute Gasteiger partial charge is 0.258 e. The molecule has 34 heavy (non-hydrogen) atoms. The van der Waals surface area contributed by atoms with Crippen LogP contribution in [0.3, 0.4) is 0 Å². The number of carbonyl (C=O) groups excluding carboxylic acids is 1. The van der Waals surface area contributed by atoms with Crippen molar-refractivity contribution >= 4 is 57.1 Å². The minimum atomic E-state index is -0.421. The van der Waals surface area contributed by atoms with Crippen LogP contribution in [0, 0.1) is 11.3 Å². The van der Waals surface area contributed by atoms with Gasteiger partial charge in [-0.25, -0.2) is 9.97 Å². The number of carbonyl (C=O) groups is 1. The van der Waals surface area contributed by atoms with Crippen LogP contribution in [-0.2, 0) is 0 Å². The number of nitrogens with one attached hydrogen (secondary N) is 1. The fourth-order valence-corrected chi connectivity index (χ4v) is 4.74. The van der Waals surface area contributed by atoms with Gasteiger partial charge in [0.25, 0.3) is 5.91 Å². The quantitative estimate of drug-likeness (QED) is 0.256. The van der Waals surface area contributed by atoms with Gasteiger partial charge in [0, 0.05) is 11.1 Å². The third-order valence-corrected chi connectivity index (χ3v) is 6.54. The van der Waals surface area contributed by atoms with Gasteiger partial charge >= 0.3 is 0 Å². The Kier molecular flexibility index (Phi) is 7.35. The summed E-state index contributed by atoms with van der Waals surface area (Å²) in [6.45, 7) is 4.27. The molecule has 1 unspecified atom stereocenters. The Morgan fingerprint density at radius 1 is 1.12 bits per heavy atom. The van der Waals surface area contributed by atoms with Crippen molar-refractivity contribution in [2.45, 2.75) is 52.0 Å². The molecule has 4 aromatic rings. The number of para-hydroxylation sites is 2. The largest absolute Gasteiger partial charge is 0.307 e. The molecule has 6 nitrogen and oxygen atoms in total. The maximum Gasteiger partial charge on any atom is 0.258 e. The Morgan fingerprint density at radius 3 is 2.50 bits per heavy atom. The van der Waals surface area contributed by atoms with Crippen LogP contribution < -0.4 is 5.32 Å². The van der Waals surface area contributed by atoms with E-state index in [1.807, 2.05) is 28.8 Å². The number of halogens is 2. The second kappa shape index (κ2) is 10.4. The second-order valence-corrected chi connectivity index (χ2v) is 9.07. The van der Waals surface area contributed by atoms with Gasteiger partial charge in [0.1, 0.15) is 23.0 Å². The molecule has 4 rings (SSSR count). The predicted molar refractivity (Wildman–Crippen MR) is 138 cm³/mol. The molecule has 0 spiro atoms. The predicted octanol–water partition coefficient (Wildman–Crippen LogP) is 7.55. The van der Waals surface area contributed by atoms with Gasteiger partial charge in [-0.15, -0.1) is 0 Å². The summed E-state index contributed by atoms with van der Waals surface area (Å²) in [5.74, 6) is -0.0256. The molecule has 0 bridgehead atoms. The van der Waals surface area contributed by atoms with Crippen molar-refractivity contribution in [3.8, 4) is 6.07 Å². The maximum atomic E-state index is 13.2. The molecule has 1 N–H and O–H groups in total. The first-order valence-corrected chi connectivity index (χ1v) is 12.2. The van der Waals surface area contributed by atoms with Crippen molar-refractivity contribution in [1.82, 2.24) is 14.5 Å². The fourth-order valence-electron chi connectivity index (χ4n) is 4.24. The average molecular weight is 494 g/mol. The van der Waals surface area contributed by atoms with E-state index in [-0.39, 0.29) is 16.6 Å². The summed E-state index contributed by atoms with van der Waals surface area (Å²) >= 11 is 12.3. The monoisotopic (exact) mass is 493 g/mol. The Hall–Kier alpha value is -3.14. The number of hydrogen-bond acceptors (Lipinski definition) is 4. The molecular weight excluding hydrogens is 469 g/mol. The molecule has 0 aliphatic rings. The zero-order valence-corrected chi connectivity index (χ0v) is 20.6. The third kappa shape index (κ3) is 4.59. The van der Waals surface area contributed by atoms with Gasteiger partial charge in [-0.05, 0) is 43.2 Å². The highest BCUT2D eigenvalue weighted by Gasteiger charge is 2.26. The second-order valence-electron chi connectivity index (χ2n) is 8.23. The summed E-state index contributed by atoms with van der Waals surface area (Å²) < 4.78 is 1.98. The summed E-state index contributed by atoms with van der Waals surface area (Å²) in [5, 5.41) is 13.7. The number of unbranched alkanes of at least 4 members (excludes halogenated alkanes) is 2. The lowest BCUT2D eigenvalue weighted by Gasteiger charge is -2.21. The summed E-state index contributed by atoms with van der Waals surface area (Å²) in [6, 6.07) is 14.6. The molecule has 2 aromatic heterocycles. The third-order valence-electron chi connectivity index (χ3n) is 5.99. The van der Waals surface area contributed by atoms with E-state index in [1.165, 1.54) is 6.07 Å². The minimum Gasteiger partial charge on any atom is -0.307 e. The minimum absolute atomic E-state index is 0.0441. The first-order valence-electron chi connectivity index (χ1n) is 11.5. The van der Waals surface area contributed by atoms with E-state index < -0.39 is 5.91 Å². The molecule has 0 aliphatic carbocycles. The number of fused-ring (bicyclic) bond motifs is 2. The molecular formula is C26H25Cl2N5O. The van der Waals surface area contributed by atoms with Crippen LogP contribution in [0.5, 0.6) is 0 Å². The highest BCUT2D eigenvalue weighted by atomic mass is 35.5. The van der Waals surface area contributed by atoms with Crippen molar-refractivity contribution in [3.63, 3.8) is 0 Å². The summed E-state index contributed by atoms with van der Waals surface area (Å²) in [5.41, 5.74) is 3.07. The molecule has 0 saturated carbocycles. The standard InChI is InChI=1S/C26H25Cl2N5O/c1-3-5-6-9-17(4-2)33-24(32-26(34)18-13-12-16(27)14-20(18)28)19(15-29)23-25(33)31-22-11-8-7-10-21(22)30-23/h7-8,10-14,17H,3-6,9H2,1-2H3,(H,32,34). The van der Waals surface area contributed by atoms with Crippen molar-refractivity contribution in [2.75, 3.05) is 5.32 Å². The van der Waals surface area contributed by atoms with Crippen molar-refractivity contribution in [1.29, 1.82) is 5.26 Å². The molecule has 0 aliphatic heterocycles. The van der Waals surface area contributed by atoms with Gasteiger partial charge < -0.3 is 9.88 Å². The van der Waals surface area contributed by atoms with E-state index in [1.54, 1.807) is 12.1 Å². The number of amides is 1. The van der Waals surface area contributed by atoms with Gasteiger partial charge in [0.2, 0.25) is 0 Å². The van der Waals surface area contributed by atoms with E-state index >= 15 is 0 Å². The van der Waals surface area contributed by atoms with Gasteiger partial charge in [0.05, 0.1) is 21.6 Å². The van der Waals surface area contributed by atoms with E-state index in [4.69, 9.17) is 33.2 Å².